The normalized spacial score (nSPS) is 12.9. The Balaban J connectivity index is 1.02. The molecule has 0 radical (unpaired) electrons. The summed E-state index contributed by atoms with van der Waals surface area (Å²) in [5, 5.41) is 11.5. The molecule has 5 nitrogen and oxygen atoms in total. The third-order valence-corrected chi connectivity index (χ3v) is 14.4. The number of rotatable bonds is 5. The summed E-state index contributed by atoms with van der Waals surface area (Å²) in [5.41, 5.74) is 10.9. The Bertz CT molecular complexity index is 4270. The third kappa shape index (κ3) is 5.67. The molecule has 0 fully saturated rings. The van der Waals surface area contributed by atoms with Crippen molar-refractivity contribution < 1.29 is 8.83 Å². The first-order valence-electron chi connectivity index (χ1n) is 22.1. The van der Waals surface area contributed by atoms with Gasteiger partial charge in [0.25, 0.3) is 0 Å². The van der Waals surface area contributed by atoms with Gasteiger partial charge in [-0.05, 0) is 98.8 Å². The summed E-state index contributed by atoms with van der Waals surface area (Å²) < 4.78 is 15.9. The number of thiophene rings is 1. The molecular formula is C59H35N3O2S. The third-order valence-electron chi connectivity index (χ3n) is 13.2. The van der Waals surface area contributed by atoms with E-state index in [4.69, 9.17) is 23.8 Å². The van der Waals surface area contributed by atoms with Crippen LogP contribution < -0.4 is 10.4 Å². The van der Waals surface area contributed by atoms with Crippen molar-refractivity contribution in [3.05, 3.63) is 198 Å². The maximum Gasteiger partial charge on any atom is 0.167 e. The maximum absolute atomic E-state index is 6.73. The van der Waals surface area contributed by atoms with Crippen molar-refractivity contribution in [3.63, 3.8) is 0 Å². The van der Waals surface area contributed by atoms with Crippen molar-refractivity contribution >= 4 is 97.8 Å². The van der Waals surface area contributed by atoms with Gasteiger partial charge >= 0.3 is 0 Å². The van der Waals surface area contributed by atoms with Gasteiger partial charge in [0.2, 0.25) is 0 Å². The zero-order valence-corrected chi connectivity index (χ0v) is 35.7. The number of aromatic nitrogens is 3. The fourth-order valence-electron chi connectivity index (χ4n) is 10.2. The van der Waals surface area contributed by atoms with Crippen LogP contribution in [-0.2, 0) is 0 Å². The van der Waals surface area contributed by atoms with Gasteiger partial charge < -0.3 is 8.83 Å². The maximum atomic E-state index is 6.73. The van der Waals surface area contributed by atoms with Crippen molar-refractivity contribution in [2.24, 2.45) is 0 Å². The highest BCUT2D eigenvalue weighted by Gasteiger charge is 2.23. The second-order valence-electron chi connectivity index (χ2n) is 16.9. The van der Waals surface area contributed by atoms with Crippen LogP contribution in [0.4, 0.5) is 0 Å². The Hall–Kier alpha value is -8.19. The van der Waals surface area contributed by atoms with Crippen molar-refractivity contribution in [2.45, 2.75) is 12.8 Å². The van der Waals surface area contributed by atoms with E-state index in [-0.39, 0.29) is 0 Å². The van der Waals surface area contributed by atoms with E-state index in [1.807, 2.05) is 29.5 Å². The second-order valence-corrected chi connectivity index (χ2v) is 18.0. The Kier molecular flexibility index (Phi) is 7.91. The first kappa shape index (κ1) is 36.3. The van der Waals surface area contributed by atoms with Crippen molar-refractivity contribution in [1.29, 1.82) is 0 Å². The lowest BCUT2D eigenvalue weighted by Crippen LogP contribution is -2.32. The Morgan fingerprint density at radius 3 is 2.00 bits per heavy atom. The molecule has 13 aromatic rings. The van der Waals surface area contributed by atoms with Gasteiger partial charge in [0, 0.05) is 52.8 Å². The van der Waals surface area contributed by atoms with E-state index in [2.05, 4.69) is 170 Å². The molecule has 14 rings (SSSR count). The van der Waals surface area contributed by atoms with Crippen LogP contribution in [0.2, 0.25) is 0 Å². The van der Waals surface area contributed by atoms with Crippen molar-refractivity contribution in [2.75, 3.05) is 0 Å². The molecule has 0 spiro atoms. The molecule has 0 amide bonds. The quantitative estimate of drug-likeness (QED) is 0.173. The summed E-state index contributed by atoms with van der Waals surface area (Å²) in [6.45, 7) is 0. The minimum Gasteiger partial charge on any atom is -0.456 e. The van der Waals surface area contributed by atoms with E-state index >= 15 is 0 Å². The highest BCUT2D eigenvalue weighted by Crippen LogP contribution is 2.44. The van der Waals surface area contributed by atoms with Crippen LogP contribution in [0.3, 0.4) is 0 Å². The first-order chi connectivity index (χ1) is 32.2. The number of fused-ring (bicyclic) bond motifs is 11. The molecule has 0 aliphatic heterocycles. The summed E-state index contributed by atoms with van der Waals surface area (Å²) in [5.74, 6) is 1.79. The molecule has 0 bridgehead atoms. The van der Waals surface area contributed by atoms with Gasteiger partial charge in [0.1, 0.15) is 22.3 Å². The van der Waals surface area contributed by atoms with Gasteiger partial charge in [-0.15, -0.1) is 11.3 Å². The molecule has 4 heterocycles. The molecular weight excluding hydrogens is 815 g/mol. The van der Waals surface area contributed by atoms with Gasteiger partial charge in [-0.3, -0.25) is 0 Å². The number of benzene rings is 9. The van der Waals surface area contributed by atoms with Gasteiger partial charge in [0.05, 0.1) is 5.56 Å². The Labute approximate surface area is 375 Å². The fraction of sp³-hybridized carbons (Fsp3) is 0.0339. The second kappa shape index (κ2) is 14.2. The molecule has 9 aromatic carbocycles. The first-order valence-corrected chi connectivity index (χ1v) is 22.9. The molecule has 0 atom stereocenters. The van der Waals surface area contributed by atoms with Crippen molar-refractivity contribution in [3.8, 4) is 45.3 Å². The van der Waals surface area contributed by atoms with Crippen LogP contribution in [0.1, 0.15) is 18.4 Å². The fourth-order valence-corrected chi connectivity index (χ4v) is 11.5. The summed E-state index contributed by atoms with van der Waals surface area (Å²) in [6, 6.07) is 64.3. The highest BCUT2D eigenvalue weighted by atomic mass is 32.1. The van der Waals surface area contributed by atoms with E-state index in [1.165, 1.54) is 42.1 Å². The van der Waals surface area contributed by atoms with Crippen LogP contribution in [0, 0.1) is 0 Å². The Morgan fingerprint density at radius 2 is 1.11 bits per heavy atom. The molecule has 4 aromatic heterocycles. The molecule has 1 aliphatic rings. The minimum absolute atomic E-state index is 0.565. The predicted octanol–water partition coefficient (Wildman–Crippen LogP) is 14.6. The van der Waals surface area contributed by atoms with Crippen LogP contribution in [0.15, 0.2) is 191 Å². The molecule has 0 saturated heterocycles. The average molecular weight is 850 g/mol. The Morgan fingerprint density at radius 1 is 0.431 bits per heavy atom. The molecule has 1 aliphatic carbocycles. The van der Waals surface area contributed by atoms with Crippen LogP contribution in [0.25, 0.3) is 132 Å². The molecule has 304 valence electrons. The monoisotopic (exact) mass is 849 g/mol. The standard InChI is InChI=1S/C59H35N3O2S/c1-2-14-35-31-36(30-29-34(35)13-1)57-60-58(62-59(61-57)48-25-12-22-44-42-15-3-6-26-50(42)64-55(44)48)46-24-11-19-39-40(46)20-10-21-41(39)49-32-37(33-52-54(49)47-17-4-7-27-51(47)63-52)38-18-9-23-45-43-16-5-8-28-53(43)65-56(38)45/h1-9,11-20,22-33H,10,21H2. The number of furan rings is 2. The van der Waals surface area contributed by atoms with Crippen molar-refractivity contribution in [1.82, 2.24) is 15.0 Å². The number of hydrogen-bond acceptors (Lipinski definition) is 6. The van der Waals surface area contributed by atoms with E-state index in [9.17, 15) is 0 Å². The lowest BCUT2D eigenvalue weighted by atomic mass is 9.87. The zero-order valence-electron chi connectivity index (χ0n) is 34.9. The predicted molar refractivity (Wildman–Crippen MR) is 268 cm³/mol. The van der Waals surface area contributed by atoms with E-state index in [1.54, 1.807) is 0 Å². The summed E-state index contributed by atoms with van der Waals surface area (Å²) in [7, 11) is 0. The lowest BCUT2D eigenvalue weighted by Gasteiger charge is -2.17. The smallest absolute Gasteiger partial charge is 0.167 e. The number of para-hydroxylation sites is 3. The number of hydrogen-bond donors (Lipinski definition) is 0. The van der Waals surface area contributed by atoms with E-state index in [0.717, 1.165) is 95.0 Å². The summed E-state index contributed by atoms with van der Waals surface area (Å²) in [4.78, 5) is 15.9. The van der Waals surface area contributed by atoms with Gasteiger partial charge in [-0.25, -0.2) is 15.0 Å². The van der Waals surface area contributed by atoms with Gasteiger partial charge in [0.15, 0.2) is 17.5 Å². The largest absolute Gasteiger partial charge is 0.456 e. The molecule has 0 N–H and O–H groups in total. The molecule has 6 heteroatoms. The summed E-state index contributed by atoms with van der Waals surface area (Å²) in [6.07, 6.45) is 4.10. The van der Waals surface area contributed by atoms with E-state index in [0.29, 0.717) is 17.5 Å². The molecule has 0 saturated carbocycles. The average Bonchev–Trinajstić information content (AvgIpc) is 4.07. The van der Waals surface area contributed by atoms with Crippen LogP contribution >= 0.6 is 11.3 Å². The highest BCUT2D eigenvalue weighted by molar-refractivity contribution is 7.26. The van der Waals surface area contributed by atoms with Gasteiger partial charge in [-0.1, -0.05) is 146 Å². The summed E-state index contributed by atoms with van der Waals surface area (Å²) >= 11 is 1.86. The van der Waals surface area contributed by atoms with Gasteiger partial charge in [-0.2, -0.15) is 0 Å². The molecule has 0 unspecified atom stereocenters. The molecule has 65 heavy (non-hydrogen) atoms. The topological polar surface area (TPSA) is 65.0 Å². The lowest BCUT2D eigenvalue weighted by molar-refractivity contribution is 0.669. The SMILES string of the molecule is C1=c2c(-c3nc(-c4ccc5ccccc5c4)nc(-c4cccc5c4oc4ccccc45)n3)cccc2=C(c2cc(-c3cccc4c3sc3ccccc34)cc3oc4ccccc4c23)CC1. The van der Waals surface area contributed by atoms with E-state index < -0.39 is 0 Å². The number of nitrogens with zero attached hydrogens (tertiary/aromatic N) is 3. The minimum atomic E-state index is 0.565. The van der Waals surface area contributed by atoms with Crippen LogP contribution in [-0.4, -0.2) is 15.0 Å². The van der Waals surface area contributed by atoms with Crippen LogP contribution in [0.5, 0.6) is 0 Å². The zero-order chi connectivity index (χ0) is 42.6.